The Bertz CT molecular complexity index is 457. The summed E-state index contributed by atoms with van der Waals surface area (Å²) in [6, 6.07) is 0.229. The van der Waals surface area contributed by atoms with E-state index in [-0.39, 0.29) is 17.2 Å². The number of nitrogens with one attached hydrogen (secondary N) is 1. The summed E-state index contributed by atoms with van der Waals surface area (Å²) < 4.78 is 11.9. The fourth-order valence-corrected chi connectivity index (χ4v) is 4.58. The van der Waals surface area contributed by atoms with Gasteiger partial charge < -0.3 is 14.5 Å². The predicted molar refractivity (Wildman–Crippen MR) is 117 cm³/mol. The summed E-state index contributed by atoms with van der Waals surface area (Å²) >= 11 is 0. The van der Waals surface area contributed by atoms with Crippen LogP contribution >= 0.6 is 0 Å². The van der Waals surface area contributed by atoms with Crippen molar-refractivity contribution < 1.29 is 14.0 Å². The molecule has 1 N–H and O–H groups in total. The van der Waals surface area contributed by atoms with E-state index >= 15 is 0 Å². The molecule has 0 aromatic rings. The zero-order valence-corrected chi connectivity index (χ0v) is 20.4. The molecule has 0 heterocycles. The molecule has 0 aromatic carbocycles. The SMILES string of the molecule is CCC[C@H](NC(=O)OC(C)(C)C)C1CCC(CO[Si](C)(C)C(C)(C)C)CC1. The Morgan fingerprint density at radius 2 is 1.63 bits per heavy atom. The highest BCUT2D eigenvalue weighted by Crippen LogP contribution is 2.38. The average Bonchev–Trinajstić information content (AvgIpc) is 2.50. The van der Waals surface area contributed by atoms with Crippen molar-refractivity contribution >= 4 is 14.4 Å². The van der Waals surface area contributed by atoms with Crippen molar-refractivity contribution in [3.8, 4) is 0 Å². The van der Waals surface area contributed by atoms with E-state index in [1.165, 1.54) is 25.7 Å². The first kappa shape index (κ1) is 24.5. The van der Waals surface area contributed by atoms with Crippen LogP contribution in [0.3, 0.4) is 0 Å². The van der Waals surface area contributed by atoms with E-state index in [1.807, 2.05) is 20.8 Å². The van der Waals surface area contributed by atoms with Crippen LogP contribution in [0.4, 0.5) is 4.79 Å². The molecule has 1 amide bonds. The molecule has 0 unspecified atom stereocenters. The Morgan fingerprint density at radius 1 is 1.07 bits per heavy atom. The lowest BCUT2D eigenvalue weighted by atomic mass is 9.78. The number of hydrogen-bond acceptors (Lipinski definition) is 3. The van der Waals surface area contributed by atoms with Crippen LogP contribution in [-0.4, -0.2) is 32.7 Å². The Labute approximate surface area is 169 Å². The van der Waals surface area contributed by atoms with Gasteiger partial charge in [0.25, 0.3) is 0 Å². The van der Waals surface area contributed by atoms with Crippen molar-refractivity contribution in [3.63, 3.8) is 0 Å². The Morgan fingerprint density at radius 3 is 2.07 bits per heavy atom. The summed E-state index contributed by atoms with van der Waals surface area (Å²) in [7, 11) is -1.66. The fourth-order valence-electron chi connectivity index (χ4n) is 3.50. The summed E-state index contributed by atoms with van der Waals surface area (Å²) in [5, 5.41) is 3.42. The first-order valence-electron chi connectivity index (χ1n) is 10.9. The summed E-state index contributed by atoms with van der Waals surface area (Å²) in [6.45, 7) is 20.4. The number of hydrogen-bond donors (Lipinski definition) is 1. The van der Waals surface area contributed by atoms with E-state index in [0.717, 1.165) is 19.4 Å². The van der Waals surface area contributed by atoms with Gasteiger partial charge in [-0.05, 0) is 82.8 Å². The summed E-state index contributed by atoms with van der Waals surface area (Å²) in [6.07, 6.45) is 6.58. The molecule has 1 saturated carbocycles. The monoisotopic (exact) mass is 399 g/mol. The molecule has 0 spiro atoms. The van der Waals surface area contributed by atoms with Gasteiger partial charge in [0.15, 0.2) is 8.32 Å². The molecule has 0 saturated heterocycles. The van der Waals surface area contributed by atoms with Crippen LogP contribution in [0.1, 0.15) is 87.0 Å². The molecule has 5 heteroatoms. The molecular weight excluding hydrogens is 354 g/mol. The molecule has 0 bridgehead atoms. The lowest BCUT2D eigenvalue weighted by Gasteiger charge is -2.39. The van der Waals surface area contributed by atoms with Gasteiger partial charge in [0.05, 0.1) is 0 Å². The number of ether oxygens (including phenoxy) is 1. The topological polar surface area (TPSA) is 47.6 Å². The van der Waals surface area contributed by atoms with Crippen molar-refractivity contribution in [1.82, 2.24) is 5.32 Å². The normalized spacial score (nSPS) is 23.0. The zero-order chi connectivity index (χ0) is 20.9. The third-order valence-electron chi connectivity index (χ3n) is 6.25. The summed E-state index contributed by atoms with van der Waals surface area (Å²) in [5.41, 5.74) is -0.445. The molecule has 4 nitrogen and oxygen atoms in total. The van der Waals surface area contributed by atoms with Crippen molar-refractivity contribution in [2.75, 3.05) is 6.61 Å². The quantitative estimate of drug-likeness (QED) is 0.496. The van der Waals surface area contributed by atoms with E-state index in [2.05, 4.69) is 46.1 Å². The van der Waals surface area contributed by atoms with E-state index < -0.39 is 13.9 Å². The molecule has 1 atom stereocenters. The van der Waals surface area contributed by atoms with E-state index in [0.29, 0.717) is 11.8 Å². The highest BCUT2D eigenvalue weighted by Gasteiger charge is 2.38. The predicted octanol–water partition coefficient (Wildman–Crippen LogP) is 6.51. The molecule has 1 aliphatic rings. The van der Waals surface area contributed by atoms with Crippen molar-refractivity contribution in [2.45, 2.75) is 117 Å². The standard InChI is InChI=1S/C22H45NO3Si/c1-10-11-19(23-20(24)26-21(2,3)4)18-14-12-17(13-15-18)16-25-27(8,9)22(5,6)7/h17-19H,10-16H2,1-9H3,(H,23,24)/t17?,18?,19-/m0/s1. The minimum Gasteiger partial charge on any atom is -0.444 e. The van der Waals surface area contributed by atoms with Crippen LogP contribution in [0.2, 0.25) is 18.1 Å². The number of rotatable bonds is 7. The summed E-state index contributed by atoms with van der Waals surface area (Å²) in [4.78, 5) is 12.2. The second-order valence-electron chi connectivity index (χ2n) is 10.9. The van der Waals surface area contributed by atoms with Crippen LogP contribution in [0.5, 0.6) is 0 Å². The Balaban J connectivity index is 2.51. The largest absolute Gasteiger partial charge is 0.444 e. The number of carbonyl (C=O) groups excluding carboxylic acids is 1. The molecule has 0 aliphatic heterocycles. The van der Waals surface area contributed by atoms with Crippen LogP contribution in [-0.2, 0) is 9.16 Å². The van der Waals surface area contributed by atoms with Gasteiger partial charge >= 0.3 is 6.09 Å². The maximum absolute atomic E-state index is 12.2. The maximum Gasteiger partial charge on any atom is 0.407 e. The minimum absolute atomic E-state index is 0.229. The molecule has 1 aliphatic carbocycles. The number of alkyl carbamates (subject to hydrolysis) is 1. The molecule has 0 aromatic heterocycles. The van der Waals surface area contributed by atoms with Crippen molar-refractivity contribution in [1.29, 1.82) is 0 Å². The molecule has 27 heavy (non-hydrogen) atoms. The smallest absolute Gasteiger partial charge is 0.407 e. The highest BCUT2D eigenvalue weighted by atomic mass is 28.4. The number of amides is 1. The molecule has 0 radical (unpaired) electrons. The first-order valence-corrected chi connectivity index (χ1v) is 13.8. The van der Waals surface area contributed by atoms with Gasteiger partial charge in [0.2, 0.25) is 0 Å². The zero-order valence-electron chi connectivity index (χ0n) is 19.4. The van der Waals surface area contributed by atoms with Gasteiger partial charge in [-0.15, -0.1) is 0 Å². The van der Waals surface area contributed by atoms with Gasteiger partial charge in [-0.2, -0.15) is 0 Å². The average molecular weight is 400 g/mol. The number of carbonyl (C=O) groups is 1. The lowest BCUT2D eigenvalue weighted by molar-refractivity contribution is 0.0463. The minimum atomic E-state index is -1.66. The van der Waals surface area contributed by atoms with Crippen LogP contribution in [0.15, 0.2) is 0 Å². The van der Waals surface area contributed by atoms with Crippen molar-refractivity contribution in [2.24, 2.45) is 11.8 Å². The van der Waals surface area contributed by atoms with Gasteiger partial charge in [-0.25, -0.2) is 4.79 Å². The van der Waals surface area contributed by atoms with Crippen LogP contribution < -0.4 is 5.32 Å². The molecule has 160 valence electrons. The third kappa shape index (κ3) is 8.55. The van der Waals surface area contributed by atoms with E-state index in [9.17, 15) is 4.79 Å². The van der Waals surface area contributed by atoms with Crippen molar-refractivity contribution in [3.05, 3.63) is 0 Å². The Hall–Kier alpha value is -0.553. The van der Waals surface area contributed by atoms with E-state index in [4.69, 9.17) is 9.16 Å². The third-order valence-corrected chi connectivity index (χ3v) is 10.7. The fraction of sp³-hybridized carbons (Fsp3) is 0.955. The molecule has 1 fully saturated rings. The summed E-state index contributed by atoms with van der Waals surface area (Å²) in [5.74, 6) is 1.22. The van der Waals surface area contributed by atoms with Gasteiger partial charge in [0.1, 0.15) is 5.60 Å². The van der Waals surface area contributed by atoms with Gasteiger partial charge in [0, 0.05) is 12.6 Å². The molecule has 1 rings (SSSR count). The highest BCUT2D eigenvalue weighted by molar-refractivity contribution is 6.74. The maximum atomic E-state index is 12.2. The second kappa shape index (κ2) is 9.77. The second-order valence-corrected chi connectivity index (χ2v) is 15.7. The van der Waals surface area contributed by atoms with E-state index in [1.54, 1.807) is 0 Å². The Kier molecular flexibility index (Phi) is 8.86. The van der Waals surface area contributed by atoms with Crippen LogP contribution in [0, 0.1) is 11.8 Å². The van der Waals surface area contributed by atoms with Gasteiger partial charge in [-0.1, -0.05) is 34.1 Å². The molecular formula is C22H45NO3Si. The lowest BCUT2D eigenvalue weighted by Crippen LogP contribution is -2.45. The first-order chi connectivity index (χ1) is 12.2. The van der Waals surface area contributed by atoms with Crippen LogP contribution in [0.25, 0.3) is 0 Å². The van der Waals surface area contributed by atoms with Gasteiger partial charge in [-0.3, -0.25) is 0 Å².